The highest BCUT2D eigenvalue weighted by atomic mass is 32.2. The van der Waals surface area contributed by atoms with Crippen molar-refractivity contribution >= 4 is 17.7 Å². The predicted octanol–water partition coefficient (Wildman–Crippen LogP) is 1.07. The van der Waals surface area contributed by atoms with Crippen molar-refractivity contribution in [3.8, 4) is 0 Å². The molecule has 0 saturated carbocycles. The molecule has 1 rings (SSSR count). The number of hydrogen-bond acceptors (Lipinski definition) is 4. The van der Waals surface area contributed by atoms with Gasteiger partial charge < -0.3 is 5.73 Å². The Morgan fingerprint density at radius 2 is 2.33 bits per heavy atom. The van der Waals surface area contributed by atoms with E-state index in [9.17, 15) is 0 Å². The smallest absolute Gasteiger partial charge is 0.222 e. The van der Waals surface area contributed by atoms with E-state index in [0.29, 0.717) is 5.95 Å². The fourth-order valence-corrected chi connectivity index (χ4v) is 1.49. The Morgan fingerprint density at radius 1 is 1.58 bits per heavy atom. The highest BCUT2D eigenvalue weighted by Gasteiger charge is 2.03. The van der Waals surface area contributed by atoms with Crippen molar-refractivity contribution in [2.45, 2.75) is 12.1 Å². The summed E-state index contributed by atoms with van der Waals surface area (Å²) in [4.78, 5) is 0. The molecule has 0 atom stereocenters. The molecule has 0 aliphatic heterocycles. The van der Waals surface area contributed by atoms with E-state index in [2.05, 4.69) is 16.3 Å². The van der Waals surface area contributed by atoms with E-state index in [1.54, 1.807) is 16.3 Å². The molecule has 0 bridgehead atoms. The van der Waals surface area contributed by atoms with Crippen molar-refractivity contribution < 1.29 is 0 Å². The van der Waals surface area contributed by atoms with Gasteiger partial charge in [0.1, 0.15) is 0 Å². The van der Waals surface area contributed by atoms with Gasteiger partial charge >= 0.3 is 0 Å². The van der Waals surface area contributed by atoms with Crippen LogP contribution in [0.2, 0.25) is 0 Å². The fourth-order valence-electron chi connectivity index (χ4n) is 0.671. The van der Waals surface area contributed by atoms with Crippen LogP contribution in [0, 0.1) is 0 Å². The highest BCUT2D eigenvalue weighted by molar-refractivity contribution is 7.99. The lowest BCUT2D eigenvalue weighted by Crippen LogP contribution is -1.97. The van der Waals surface area contributed by atoms with Crippen molar-refractivity contribution in [3.05, 3.63) is 12.2 Å². The van der Waals surface area contributed by atoms with E-state index in [-0.39, 0.29) is 0 Å². The van der Waals surface area contributed by atoms with Crippen LogP contribution < -0.4 is 5.73 Å². The molecule has 1 aromatic heterocycles. The number of rotatable bonds is 3. The summed E-state index contributed by atoms with van der Waals surface area (Å²) in [5.41, 5.74) is 5.50. The second-order valence-corrected chi connectivity index (χ2v) is 3.27. The normalized spacial score (nSPS) is 11.2. The summed E-state index contributed by atoms with van der Waals surface area (Å²) in [6.45, 7) is 1.99. The molecule has 12 heavy (non-hydrogen) atoms. The molecule has 0 spiro atoms. The first-order chi connectivity index (χ1) is 5.75. The van der Waals surface area contributed by atoms with Crippen molar-refractivity contribution in [3.63, 3.8) is 0 Å². The van der Waals surface area contributed by atoms with E-state index >= 15 is 0 Å². The van der Waals surface area contributed by atoms with Crippen LogP contribution in [0.5, 0.6) is 0 Å². The van der Waals surface area contributed by atoms with Gasteiger partial charge in [0.15, 0.2) is 5.16 Å². The molecule has 0 aliphatic rings. The van der Waals surface area contributed by atoms with Crippen molar-refractivity contribution in [1.82, 2.24) is 14.8 Å². The number of aromatic nitrogens is 3. The number of thioether (sulfide) groups is 1. The van der Waals surface area contributed by atoms with Crippen LogP contribution >= 0.6 is 11.8 Å². The first kappa shape index (κ1) is 9.12. The standard InChI is InChI=1S/C7H12N4S/c1-3-4-5-12-7-10-9-6(8)11(7)2/h3-4H,5H2,1-2H3,(H2,8,9). The summed E-state index contributed by atoms with van der Waals surface area (Å²) in [7, 11) is 1.85. The molecule has 2 N–H and O–H groups in total. The zero-order valence-corrected chi connectivity index (χ0v) is 8.01. The fraction of sp³-hybridized carbons (Fsp3) is 0.429. The van der Waals surface area contributed by atoms with Gasteiger partial charge in [-0.15, -0.1) is 10.2 Å². The molecule has 0 saturated heterocycles. The number of nitrogens with two attached hydrogens (primary N) is 1. The number of hydrogen-bond donors (Lipinski definition) is 1. The topological polar surface area (TPSA) is 56.7 Å². The van der Waals surface area contributed by atoms with E-state index in [0.717, 1.165) is 10.9 Å². The summed E-state index contributed by atoms with van der Waals surface area (Å²) in [5.74, 6) is 1.36. The van der Waals surface area contributed by atoms with Crippen molar-refractivity contribution in [1.29, 1.82) is 0 Å². The average molecular weight is 184 g/mol. The number of allylic oxidation sites excluding steroid dienone is 1. The second-order valence-electron chi connectivity index (χ2n) is 2.28. The Balaban J connectivity index is 2.57. The van der Waals surface area contributed by atoms with Gasteiger partial charge in [-0.1, -0.05) is 23.9 Å². The van der Waals surface area contributed by atoms with Crippen LogP contribution in [0.3, 0.4) is 0 Å². The molecule has 1 aromatic rings. The Kier molecular flexibility index (Phi) is 3.16. The number of nitrogen functional groups attached to an aromatic ring is 1. The van der Waals surface area contributed by atoms with Gasteiger partial charge in [-0.25, -0.2) is 0 Å². The van der Waals surface area contributed by atoms with Gasteiger partial charge in [0.25, 0.3) is 0 Å². The molecule has 1 heterocycles. The summed E-state index contributed by atoms with van der Waals surface area (Å²) >= 11 is 1.61. The van der Waals surface area contributed by atoms with Gasteiger partial charge in [0.2, 0.25) is 5.95 Å². The second kappa shape index (κ2) is 4.15. The Morgan fingerprint density at radius 3 is 2.83 bits per heavy atom. The van der Waals surface area contributed by atoms with Crippen LogP contribution in [0.25, 0.3) is 0 Å². The van der Waals surface area contributed by atoms with Gasteiger partial charge in [-0.2, -0.15) is 0 Å². The van der Waals surface area contributed by atoms with Gasteiger partial charge in [-0.05, 0) is 6.92 Å². The van der Waals surface area contributed by atoms with E-state index < -0.39 is 0 Å². The summed E-state index contributed by atoms with van der Waals surface area (Å²) < 4.78 is 1.77. The lowest BCUT2D eigenvalue weighted by atomic mass is 10.6. The molecule has 66 valence electrons. The quantitative estimate of drug-likeness (QED) is 0.564. The largest absolute Gasteiger partial charge is 0.368 e. The molecule has 0 radical (unpaired) electrons. The molecule has 0 fully saturated rings. The van der Waals surface area contributed by atoms with Crippen LogP contribution in [-0.2, 0) is 7.05 Å². The van der Waals surface area contributed by atoms with E-state index in [1.807, 2.05) is 20.0 Å². The number of anilines is 1. The molecular weight excluding hydrogens is 172 g/mol. The third-order valence-electron chi connectivity index (χ3n) is 1.41. The maximum Gasteiger partial charge on any atom is 0.222 e. The monoisotopic (exact) mass is 184 g/mol. The third-order valence-corrected chi connectivity index (χ3v) is 2.39. The zero-order chi connectivity index (χ0) is 8.97. The first-order valence-corrected chi connectivity index (χ1v) is 4.63. The van der Waals surface area contributed by atoms with E-state index in [4.69, 9.17) is 5.73 Å². The van der Waals surface area contributed by atoms with Gasteiger partial charge in [-0.3, -0.25) is 4.57 Å². The highest BCUT2D eigenvalue weighted by Crippen LogP contribution is 2.15. The number of nitrogens with zero attached hydrogens (tertiary/aromatic N) is 3. The lowest BCUT2D eigenvalue weighted by Gasteiger charge is -1.96. The Hall–Kier alpha value is -0.970. The van der Waals surface area contributed by atoms with Crippen molar-refractivity contribution in [2.24, 2.45) is 7.05 Å². The van der Waals surface area contributed by atoms with E-state index in [1.165, 1.54) is 0 Å². The molecule has 0 aliphatic carbocycles. The summed E-state index contributed by atoms with van der Waals surface area (Å²) in [6.07, 6.45) is 4.07. The first-order valence-electron chi connectivity index (χ1n) is 3.64. The minimum absolute atomic E-state index is 0.456. The molecule has 0 aromatic carbocycles. The zero-order valence-electron chi connectivity index (χ0n) is 7.19. The minimum Gasteiger partial charge on any atom is -0.368 e. The molecule has 0 unspecified atom stereocenters. The summed E-state index contributed by atoms with van der Waals surface area (Å²) in [5, 5.41) is 8.50. The SMILES string of the molecule is CC=CCSc1nnc(N)n1C. The summed E-state index contributed by atoms with van der Waals surface area (Å²) in [6, 6.07) is 0. The Bertz CT molecular complexity index is 279. The van der Waals surface area contributed by atoms with Crippen molar-refractivity contribution in [2.75, 3.05) is 11.5 Å². The predicted molar refractivity (Wildman–Crippen MR) is 51.0 cm³/mol. The third kappa shape index (κ3) is 2.01. The minimum atomic E-state index is 0.456. The maximum absolute atomic E-state index is 5.50. The molecule has 5 heteroatoms. The molecule has 4 nitrogen and oxygen atoms in total. The Labute approximate surface area is 75.9 Å². The van der Waals surface area contributed by atoms with Crippen LogP contribution in [0.4, 0.5) is 5.95 Å². The van der Waals surface area contributed by atoms with Crippen LogP contribution in [0.1, 0.15) is 6.92 Å². The van der Waals surface area contributed by atoms with Gasteiger partial charge in [0.05, 0.1) is 0 Å². The van der Waals surface area contributed by atoms with Crippen LogP contribution in [-0.4, -0.2) is 20.5 Å². The molecule has 0 amide bonds. The van der Waals surface area contributed by atoms with Crippen LogP contribution in [0.15, 0.2) is 17.3 Å². The molecular formula is C7H12N4S. The average Bonchev–Trinajstić information content (AvgIpc) is 2.36. The van der Waals surface area contributed by atoms with Gasteiger partial charge in [0, 0.05) is 12.8 Å². The maximum atomic E-state index is 5.50. The lowest BCUT2D eigenvalue weighted by molar-refractivity contribution is 0.797.